The fraction of sp³-hybridized carbons (Fsp3) is 0.333. The van der Waals surface area contributed by atoms with Gasteiger partial charge in [0.1, 0.15) is 0 Å². The van der Waals surface area contributed by atoms with Crippen molar-refractivity contribution in [2.45, 2.75) is 19.9 Å². The monoisotopic (exact) mass is 325 g/mol. The smallest absolute Gasteiger partial charge is 0.251 e. The molecule has 0 aliphatic heterocycles. The van der Waals surface area contributed by atoms with E-state index in [0.717, 1.165) is 34.0 Å². The van der Waals surface area contributed by atoms with Crippen LogP contribution in [0.5, 0.6) is 0 Å². The van der Waals surface area contributed by atoms with Crippen LogP contribution in [-0.2, 0) is 13.0 Å². The first kappa shape index (κ1) is 17.6. The Labute approximate surface area is 135 Å². The molecule has 0 radical (unpaired) electrons. The maximum Gasteiger partial charge on any atom is 0.251 e. The van der Waals surface area contributed by atoms with Gasteiger partial charge in [0.25, 0.3) is 5.91 Å². The fourth-order valence-electron chi connectivity index (χ4n) is 1.97. The van der Waals surface area contributed by atoms with Gasteiger partial charge in [-0.25, -0.2) is 4.98 Å². The highest BCUT2D eigenvalue weighted by molar-refractivity contribution is 7.11. The van der Waals surface area contributed by atoms with Gasteiger partial charge in [-0.15, -0.1) is 23.7 Å². The maximum absolute atomic E-state index is 12.3. The van der Waals surface area contributed by atoms with Crippen LogP contribution in [0.25, 0.3) is 0 Å². The van der Waals surface area contributed by atoms with E-state index in [0.29, 0.717) is 6.54 Å². The highest BCUT2D eigenvalue weighted by Gasteiger charge is 2.10. The van der Waals surface area contributed by atoms with E-state index in [1.165, 1.54) is 0 Å². The van der Waals surface area contributed by atoms with Gasteiger partial charge in [-0.2, -0.15) is 0 Å². The van der Waals surface area contributed by atoms with Crippen LogP contribution in [0.1, 0.15) is 25.8 Å². The number of carbonyl (C=O) groups is 1. The Morgan fingerprint density at radius 2 is 2.10 bits per heavy atom. The van der Waals surface area contributed by atoms with Crippen LogP contribution in [0.3, 0.4) is 0 Å². The van der Waals surface area contributed by atoms with Crippen LogP contribution in [0, 0.1) is 6.92 Å². The molecule has 2 aromatic rings. The number of benzene rings is 1. The van der Waals surface area contributed by atoms with Crippen molar-refractivity contribution in [3.63, 3.8) is 0 Å². The molecule has 21 heavy (non-hydrogen) atoms. The van der Waals surface area contributed by atoms with E-state index >= 15 is 0 Å². The topological polar surface area (TPSA) is 54.0 Å². The lowest BCUT2D eigenvalue weighted by Gasteiger charge is -2.09. The third-order valence-corrected chi connectivity index (χ3v) is 3.91. The lowest BCUT2D eigenvalue weighted by atomic mass is 10.0. The van der Waals surface area contributed by atoms with Crippen molar-refractivity contribution >= 4 is 29.7 Å². The van der Waals surface area contributed by atoms with Gasteiger partial charge in [-0.05, 0) is 38.6 Å². The molecule has 1 aromatic carbocycles. The average Bonchev–Trinajstić information content (AvgIpc) is 2.88. The van der Waals surface area contributed by atoms with Gasteiger partial charge in [0, 0.05) is 16.6 Å². The van der Waals surface area contributed by atoms with E-state index in [4.69, 9.17) is 0 Å². The highest BCUT2D eigenvalue weighted by Crippen LogP contribution is 2.13. The molecule has 0 aliphatic rings. The number of likely N-dealkylation sites (N-methyl/N-ethyl adjacent to an activating group) is 1. The van der Waals surface area contributed by atoms with Crippen molar-refractivity contribution in [2.24, 2.45) is 0 Å². The van der Waals surface area contributed by atoms with Crippen molar-refractivity contribution in [1.82, 2.24) is 15.6 Å². The van der Waals surface area contributed by atoms with E-state index in [2.05, 4.69) is 15.6 Å². The maximum atomic E-state index is 12.3. The zero-order valence-electron chi connectivity index (χ0n) is 12.2. The number of nitrogens with one attached hydrogen (secondary N) is 2. The molecule has 2 rings (SSSR count). The number of carbonyl (C=O) groups excluding carboxylic acids is 1. The number of aryl methyl sites for hydroxylation is 1. The second kappa shape index (κ2) is 8.77. The number of thiazole rings is 1. The number of nitrogens with zero attached hydrogens (tertiary/aromatic N) is 1. The molecule has 2 N–H and O–H groups in total. The summed E-state index contributed by atoms with van der Waals surface area (Å²) in [6.45, 7) is 3.35. The summed E-state index contributed by atoms with van der Waals surface area (Å²) >= 11 is 1.61. The molecule has 114 valence electrons. The average molecular weight is 326 g/mol. The standard InChI is InChI=1S/C15H19N3OS.ClH/c1-11-17-9-13(20-11)10-18-15(19)14-6-4-3-5-12(14)7-8-16-2;/h3-6,9,16H,7-8,10H2,1-2H3,(H,18,19);1H. The second-order valence-electron chi connectivity index (χ2n) is 4.54. The number of rotatable bonds is 6. The predicted octanol–water partition coefficient (Wildman–Crippen LogP) is 2.57. The van der Waals surface area contributed by atoms with Crippen LogP contribution < -0.4 is 10.6 Å². The Balaban J connectivity index is 0.00000220. The van der Waals surface area contributed by atoms with Crippen molar-refractivity contribution in [3.05, 3.63) is 51.5 Å². The Morgan fingerprint density at radius 3 is 2.76 bits per heavy atom. The molecule has 0 aliphatic carbocycles. The minimum atomic E-state index is -0.0252. The van der Waals surface area contributed by atoms with Crippen molar-refractivity contribution in [3.8, 4) is 0 Å². The molecule has 0 fully saturated rings. The SMILES string of the molecule is CNCCc1ccccc1C(=O)NCc1cnc(C)s1.Cl. The fourth-order valence-corrected chi connectivity index (χ4v) is 2.70. The van der Waals surface area contributed by atoms with Gasteiger partial charge >= 0.3 is 0 Å². The third kappa shape index (κ3) is 5.12. The number of aromatic nitrogens is 1. The molecule has 0 unspecified atom stereocenters. The molecular formula is C15H20ClN3OS. The van der Waals surface area contributed by atoms with Crippen LogP contribution >= 0.6 is 23.7 Å². The number of amides is 1. The first-order chi connectivity index (χ1) is 9.70. The van der Waals surface area contributed by atoms with E-state index in [-0.39, 0.29) is 18.3 Å². The van der Waals surface area contributed by atoms with Gasteiger partial charge in [0.15, 0.2) is 0 Å². The third-order valence-electron chi connectivity index (χ3n) is 3.00. The Kier molecular flexibility index (Phi) is 7.36. The summed E-state index contributed by atoms with van der Waals surface area (Å²) in [5.74, 6) is -0.0252. The number of hydrogen-bond acceptors (Lipinski definition) is 4. The molecule has 1 heterocycles. The quantitative estimate of drug-likeness (QED) is 0.858. The van der Waals surface area contributed by atoms with E-state index < -0.39 is 0 Å². The van der Waals surface area contributed by atoms with Gasteiger partial charge in [0.05, 0.1) is 11.6 Å². The van der Waals surface area contributed by atoms with Crippen molar-refractivity contribution < 1.29 is 4.79 Å². The summed E-state index contributed by atoms with van der Waals surface area (Å²) in [6, 6.07) is 7.74. The molecule has 0 spiro atoms. The minimum absolute atomic E-state index is 0. The van der Waals surface area contributed by atoms with Gasteiger partial charge in [0.2, 0.25) is 0 Å². The molecule has 1 amide bonds. The zero-order chi connectivity index (χ0) is 14.4. The first-order valence-electron chi connectivity index (χ1n) is 6.62. The molecule has 1 aromatic heterocycles. The van der Waals surface area contributed by atoms with E-state index in [9.17, 15) is 4.79 Å². The lowest BCUT2D eigenvalue weighted by Crippen LogP contribution is -2.24. The largest absolute Gasteiger partial charge is 0.347 e. The van der Waals surface area contributed by atoms with E-state index in [1.807, 2.05) is 44.4 Å². The Bertz CT molecular complexity index is 586. The summed E-state index contributed by atoms with van der Waals surface area (Å²) in [4.78, 5) is 17.5. The molecular weight excluding hydrogens is 306 g/mol. The minimum Gasteiger partial charge on any atom is -0.347 e. The number of halogens is 1. The molecule has 0 bridgehead atoms. The second-order valence-corrected chi connectivity index (χ2v) is 5.86. The normalized spacial score (nSPS) is 10.0. The van der Waals surface area contributed by atoms with E-state index in [1.54, 1.807) is 11.3 Å². The predicted molar refractivity (Wildman–Crippen MR) is 89.3 cm³/mol. The molecule has 6 heteroatoms. The Morgan fingerprint density at radius 1 is 1.33 bits per heavy atom. The van der Waals surface area contributed by atoms with Crippen LogP contribution in [0.15, 0.2) is 30.5 Å². The summed E-state index contributed by atoms with van der Waals surface area (Å²) in [5, 5.41) is 7.08. The molecule has 0 saturated carbocycles. The number of hydrogen-bond donors (Lipinski definition) is 2. The van der Waals surface area contributed by atoms with Crippen LogP contribution in [0.2, 0.25) is 0 Å². The summed E-state index contributed by atoms with van der Waals surface area (Å²) in [5.41, 5.74) is 1.82. The summed E-state index contributed by atoms with van der Waals surface area (Å²) < 4.78 is 0. The zero-order valence-corrected chi connectivity index (χ0v) is 13.8. The molecule has 0 saturated heterocycles. The first-order valence-corrected chi connectivity index (χ1v) is 7.44. The van der Waals surface area contributed by atoms with Gasteiger partial charge in [-0.1, -0.05) is 18.2 Å². The Hall–Kier alpha value is -1.43. The highest BCUT2D eigenvalue weighted by atomic mass is 35.5. The van der Waals surface area contributed by atoms with Crippen LogP contribution in [-0.4, -0.2) is 24.5 Å². The summed E-state index contributed by atoms with van der Waals surface area (Å²) in [6.07, 6.45) is 2.66. The molecule has 0 atom stereocenters. The van der Waals surface area contributed by atoms with Gasteiger partial charge < -0.3 is 10.6 Å². The lowest BCUT2D eigenvalue weighted by molar-refractivity contribution is 0.0950. The van der Waals surface area contributed by atoms with Crippen molar-refractivity contribution in [2.75, 3.05) is 13.6 Å². The van der Waals surface area contributed by atoms with Crippen LogP contribution in [0.4, 0.5) is 0 Å². The summed E-state index contributed by atoms with van der Waals surface area (Å²) in [7, 11) is 1.91. The van der Waals surface area contributed by atoms with Gasteiger partial charge in [-0.3, -0.25) is 4.79 Å². The van der Waals surface area contributed by atoms with Crippen molar-refractivity contribution in [1.29, 1.82) is 0 Å². The molecule has 4 nitrogen and oxygen atoms in total.